The average Bonchev–Trinajstić information content (AvgIpc) is 2.49. The first-order valence-corrected chi connectivity index (χ1v) is 6.62. The highest BCUT2D eigenvalue weighted by Gasteiger charge is 2.15. The van der Waals surface area contributed by atoms with E-state index in [1.807, 2.05) is 13.0 Å². The minimum absolute atomic E-state index is 0.0102. The molecule has 0 aliphatic heterocycles. The summed E-state index contributed by atoms with van der Waals surface area (Å²) < 4.78 is 5.34. The maximum atomic E-state index is 12.0. The molecule has 0 aliphatic rings. The van der Waals surface area contributed by atoms with E-state index in [0.29, 0.717) is 23.3 Å². The monoisotopic (exact) mass is 268 g/mol. The van der Waals surface area contributed by atoms with Crippen molar-refractivity contribution in [3.63, 3.8) is 0 Å². The molecule has 3 nitrogen and oxygen atoms in total. The fraction of sp³-hybridized carbons (Fsp3) is 0.176. The van der Waals surface area contributed by atoms with E-state index in [-0.39, 0.29) is 5.78 Å². The Labute approximate surface area is 118 Å². The van der Waals surface area contributed by atoms with E-state index in [1.165, 1.54) is 0 Å². The number of rotatable bonds is 5. The Morgan fingerprint density at radius 3 is 2.30 bits per heavy atom. The predicted molar refractivity (Wildman–Crippen MR) is 77.1 cm³/mol. The van der Waals surface area contributed by atoms with Gasteiger partial charge in [-0.15, -0.1) is 0 Å². The molecule has 2 aromatic carbocycles. The number of carbonyl (C=O) groups excluding carboxylic acids is 2. The van der Waals surface area contributed by atoms with Gasteiger partial charge in [0.2, 0.25) is 0 Å². The Hall–Kier alpha value is -2.42. The van der Waals surface area contributed by atoms with Gasteiger partial charge in [0, 0.05) is 6.42 Å². The van der Waals surface area contributed by atoms with E-state index in [0.717, 1.165) is 6.42 Å². The summed E-state index contributed by atoms with van der Waals surface area (Å²) in [6.07, 6.45) is 1.21. The molecule has 0 spiro atoms. The minimum atomic E-state index is -0.456. The molecule has 0 fully saturated rings. The van der Waals surface area contributed by atoms with Crippen LogP contribution < -0.4 is 4.74 Å². The van der Waals surface area contributed by atoms with Gasteiger partial charge in [-0.25, -0.2) is 4.79 Å². The van der Waals surface area contributed by atoms with Gasteiger partial charge < -0.3 is 4.74 Å². The van der Waals surface area contributed by atoms with Crippen molar-refractivity contribution in [2.24, 2.45) is 0 Å². The molecule has 0 atom stereocenters. The second-order valence-electron chi connectivity index (χ2n) is 4.42. The van der Waals surface area contributed by atoms with Crippen molar-refractivity contribution in [3.8, 4) is 5.75 Å². The lowest BCUT2D eigenvalue weighted by Crippen LogP contribution is -2.11. The van der Waals surface area contributed by atoms with E-state index < -0.39 is 5.97 Å². The Balaban J connectivity index is 2.21. The van der Waals surface area contributed by atoms with E-state index >= 15 is 0 Å². The number of hydrogen-bond donors (Lipinski definition) is 0. The molecule has 0 heterocycles. The lowest BCUT2D eigenvalue weighted by atomic mass is 10.1. The zero-order chi connectivity index (χ0) is 14.4. The Bertz CT molecular complexity index is 603. The van der Waals surface area contributed by atoms with Crippen LogP contribution in [-0.4, -0.2) is 11.8 Å². The molecular weight excluding hydrogens is 252 g/mol. The number of hydrogen-bond acceptors (Lipinski definition) is 3. The van der Waals surface area contributed by atoms with Gasteiger partial charge in [0.15, 0.2) is 5.78 Å². The highest BCUT2D eigenvalue weighted by molar-refractivity contribution is 6.00. The van der Waals surface area contributed by atoms with Gasteiger partial charge in [-0.1, -0.05) is 37.3 Å². The molecule has 0 N–H and O–H groups in total. The predicted octanol–water partition coefficient (Wildman–Crippen LogP) is 3.89. The van der Waals surface area contributed by atoms with Gasteiger partial charge in [0.1, 0.15) is 5.75 Å². The van der Waals surface area contributed by atoms with E-state index in [9.17, 15) is 9.59 Å². The standard InChI is InChI=1S/C17H16O3/c1-2-8-15(18)14-11-6-7-12-16(14)20-17(19)13-9-4-3-5-10-13/h3-7,9-12H,2,8H2,1H3. The number of para-hydroxylation sites is 1. The molecule has 0 aromatic heterocycles. The van der Waals surface area contributed by atoms with Gasteiger partial charge in [0.25, 0.3) is 0 Å². The summed E-state index contributed by atoms with van der Waals surface area (Å²) in [6, 6.07) is 15.6. The second-order valence-corrected chi connectivity index (χ2v) is 4.42. The summed E-state index contributed by atoms with van der Waals surface area (Å²) in [5, 5.41) is 0. The molecule has 0 bridgehead atoms. The summed E-state index contributed by atoms with van der Waals surface area (Å²) in [6.45, 7) is 1.94. The fourth-order valence-corrected chi connectivity index (χ4v) is 1.88. The zero-order valence-corrected chi connectivity index (χ0v) is 11.3. The van der Waals surface area contributed by atoms with Crippen LogP contribution in [0.1, 0.15) is 40.5 Å². The quantitative estimate of drug-likeness (QED) is 0.469. The second kappa shape index (κ2) is 6.66. The van der Waals surface area contributed by atoms with Crippen molar-refractivity contribution in [1.29, 1.82) is 0 Å². The Morgan fingerprint density at radius 1 is 0.950 bits per heavy atom. The topological polar surface area (TPSA) is 43.4 Å². The molecule has 0 amide bonds. The van der Waals surface area contributed by atoms with Crippen molar-refractivity contribution in [2.45, 2.75) is 19.8 Å². The minimum Gasteiger partial charge on any atom is -0.422 e. The number of esters is 1. The van der Waals surface area contributed by atoms with Gasteiger partial charge in [-0.05, 0) is 30.7 Å². The lowest BCUT2D eigenvalue weighted by molar-refractivity contribution is 0.0732. The SMILES string of the molecule is CCCC(=O)c1ccccc1OC(=O)c1ccccc1. The molecule has 0 saturated carbocycles. The highest BCUT2D eigenvalue weighted by atomic mass is 16.5. The summed E-state index contributed by atoms with van der Waals surface area (Å²) in [7, 11) is 0. The first-order valence-electron chi connectivity index (χ1n) is 6.62. The average molecular weight is 268 g/mol. The summed E-state index contributed by atoms with van der Waals surface area (Å²) in [5.74, 6) is -0.147. The van der Waals surface area contributed by atoms with E-state index in [2.05, 4.69) is 0 Å². The lowest BCUT2D eigenvalue weighted by Gasteiger charge is -2.09. The van der Waals surface area contributed by atoms with Crippen LogP contribution in [0, 0.1) is 0 Å². The molecule has 0 aliphatic carbocycles. The number of ether oxygens (including phenoxy) is 1. The maximum Gasteiger partial charge on any atom is 0.343 e. The van der Waals surface area contributed by atoms with Crippen LogP contribution in [0.2, 0.25) is 0 Å². The number of ketones is 1. The van der Waals surface area contributed by atoms with Crippen molar-refractivity contribution < 1.29 is 14.3 Å². The van der Waals surface area contributed by atoms with Crippen LogP contribution in [0.25, 0.3) is 0 Å². The fourth-order valence-electron chi connectivity index (χ4n) is 1.88. The summed E-state index contributed by atoms with van der Waals surface area (Å²) in [5.41, 5.74) is 0.920. The Kier molecular flexibility index (Phi) is 4.66. The van der Waals surface area contributed by atoms with Crippen LogP contribution in [0.15, 0.2) is 54.6 Å². The van der Waals surface area contributed by atoms with Crippen LogP contribution in [-0.2, 0) is 0 Å². The van der Waals surface area contributed by atoms with Gasteiger partial charge >= 0.3 is 5.97 Å². The van der Waals surface area contributed by atoms with Gasteiger partial charge in [0.05, 0.1) is 11.1 Å². The van der Waals surface area contributed by atoms with Crippen molar-refractivity contribution in [1.82, 2.24) is 0 Å². The molecule has 2 rings (SSSR count). The molecular formula is C17H16O3. The molecule has 0 radical (unpaired) electrons. The van der Waals surface area contributed by atoms with Crippen LogP contribution in [0.5, 0.6) is 5.75 Å². The van der Waals surface area contributed by atoms with Crippen molar-refractivity contribution in [2.75, 3.05) is 0 Å². The smallest absolute Gasteiger partial charge is 0.343 e. The molecule has 0 unspecified atom stereocenters. The Morgan fingerprint density at radius 2 is 1.60 bits per heavy atom. The zero-order valence-electron chi connectivity index (χ0n) is 11.3. The third-order valence-electron chi connectivity index (χ3n) is 2.88. The third kappa shape index (κ3) is 3.32. The number of carbonyl (C=O) groups is 2. The number of benzene rings is 2. The third-order valence-corrected chi connectivity index (χ3v) is 2.88. The highest BCUT2D eigenvalue weighted by Crippen LogP contribution is 2.21. The van der Waals surface area contributed by atoms with Crippen molar-refractivity contribution >= 4 is 11.8 Å². The first kappa shape index (κ1) is 14.0. The van der Waals surface area contributed by atoms with Gasteiger partial charge in [-0.3, -0.25) is 4.79 Å². The van der Waals surface area contributed by atoms with Crippen LogP contribution in [0.3, 0.4) is 0 Å². The normalized spacial score (nSPS) is 10.1. The van der Waals surface area contributed by atoms with Crippen LogP contribution in [0.4, 0.5) is 0 Å². The first-order chi connectivity index (χ1) is 9.72. The van der Waals surface area contributed by atoms with E-state index in [1.54, 1.807) is 48.5 Å². The number of Topliss-reactive ketones (excluding diaryl/α,β-unsaturated/α-hetero) is 1. The summed E-state index contributed by atoms with van der Waals surface area (Å²) >= 11 is 0. The molecule has 0 saturated heterocycles. The maximum absolute atomic E-state index is 12.0. The summed E-state index contributed by atoms with van der Waals surface area (Å²) in [4.78, 5) is 24.0. The largest absolute Gasteiger partial charge is 0.422 e. The molecule has 102 valence electrons. The van der Waals surface area contributed by atoms with Crippen molar-refractivity contribution in [3.05, 3.63) is 65.7 Å². The molecule has 20 heavy (non-hydrogen) atoms. The van der Waals surface area contributed by atoms with Gasteiger partial charge in [-0.2, -0.15) is 0 Å². The van der Waals surface area contributed by atoms with Crippen LogP contribution >= 0.6 is 0 Å². The van der Waals surface area contributed by atoms with E-state index in [4.69, 9.17) is 4.74 Å². The molecule has 2 aromatic rings. The molecule has 3 heteroatoms.